The van der Waals surface area contributed by atoms with Crippen molar-refractivity contribution in [3.8, 4) is 0 Å². The van der Waals surface area contributed by atoms with Gasteiger partial charge in [0.25, 0.3) is 5.69 Å². The van der Waals surface area contributed by atoms with Crippen LogP contribution in [0.5, 0.6) is 0 Å². The maximum atomic E-state index is 13.1. The van der Waals surface area contributed by atoms with Crippen LogP contribution in [0.2, 0.25) is 0 Å². The number of nitro benzene ring substituents is 1. The molecular weight excluding hydrogens is 287 g/mol. The Morgan fingerprint density at radius 3 is 2.59 bits per heavy atom. The summed E-state index contributed by atoms with van der Waals surface area (Å²) in [6.45, 7) is 1.72. The predicted octanol–water partition coefficient (Wildman–Crippen LogP) is 3.14. The van der Waals surface area contributed by atoms with E-state index in [1.165, 1.54) is 6.07 Å². The summed E-state index contributed by atoms with van der Waals surface area (Å²) in [6.07, 6.45) is -0.309. The molecule has 0 aliphatic rings. The topological polar surface area (TPSA) is 75.4 Å². The molecule has 0 saturated heterocycles. The van der Waals surface area contributed by atoms with Crippen molar-refractivity contribution < 1.29 is 14.4 Å². The first-order valence-electron chi connectivity index (χ1n) is 6.90. The number of halogens is 1. The van der Waals surface area contributed by atoms with Crippen molar-refractivity contribution in [1.29, 1.82) is 0 Å². The predicted molar refractivity (Wildman–Crippen MR) is 82.3 cm³/mol. The van der Waals surface area contributed by atoms with Gasteiger partial charge in [-0.2, -0.15) is 0 Å². The van der Waals surface area contributed by atoms with Gasteiger partial charge in [0.15, 0.2) is 0 Å². The Hall–Kier alpha value is -2.47. The number of rotatable bonds is 6. The molecule has 0 radical (unpaired) electrons. The molecule has 0 aliphatic carbocycles. The van der Waals surface area contributed by atoms with Gasteiger partial charge in [0.05, 0.1) is 17.1 Å². The summed E-state index contributed by atoms with van der Waals surface area (Å²) < 4.78 is 13.1. The van der Waals surface area contributed by atoms with Gasteiger partial charge in [0.2, 0.25) is 0 Å². The van der Waals surface area contributed by atoms with Crippen LogP contribution >= 0.6 is 0 Å². The SMILES string of the molecule is CC(Nc1ccc(F)cc1[N+](=O)[O-])C(O)Cc1ccccc1. The fraction of sp³-hybridized carbons (Fsp3) is 0.250. The lowest BCUT2D eigenvalue weighted by Crippen LogP contribution is -2.32. The fourth-order valence-electron chi connectivity index (χ4n) is 2.15. The zero-order valence-corrected chi connectivity index (χ0v) is 12.1. The third-order valence-corrected chi connectivity index (χ3v) is 3.40. The van der Waals surface area contributed by atoms with Gasteiger partial charge < -0.3 is 10.4 Å². The number of hydrogen-bond donors (Lipinski definition) is 2. The Morgan fingerprint density at radius 2 is 1.95 bits per heavy atom. The van der Waals surface area contributed by atoms with E-state index in [2.05, 4.69) is 5.32 Å². The van der Waals surface area contributed by atoms with Crippen LogP contribution in [0.3, 0.4) is 0 Å². The molecule has 0 saturated carbocycles. The molecule has 0 spiro atoms. The first kappa shape index (κ1) is 15.9. The van der Waals surface area contributed by atoms with Gasteiger partial charge in [-0.1, -0.05) is 30.3 Å². The molecule has 2 atom stereocenters. The summed E-state index contributed by atoms with van der Waals surface area (Å²) in [4.78, 5) is 10.3. The molecule has 2 unspecified atom stereocenters. The van der Waals surface area contributed by atoms with Gasteiger partial charge in [0, 0.05) is 12.5 Å². The van der Waals surface area contributed by atoms with Gasteiger partial charge >= 0.3 is 0 Å². The number of benzene rings is 2. The molecule has 22 heavy (non-hydrogen) atoms. The second kappa shape index (κ2) is 7.00. The summed E-state index contributed by atoms with van der Waals surface area (Å²) in [5.41, 5.74) is 0.807. The maximum absolute atomic E-state index is 13.1. The number of nitrogens with zero attached hydrogens (tertiary/aromatic N) is 1. The van der Waals surface area contributed by atoms with Crippen molar-refractivity contribution >= 4 is 11.4 Å². The summed E-state index contributed by atoms with van der Waals surface area (Å²) in [7, 11) is 0. The van der Waals surface area contributed by atoms with Crippen LogP contribution in [0.25, 0.3) is 0 Å². The Kier molecular flexibility index (Phi) is 5.06. The lowest BCUT2D eigenvalue weighted by atomic mass is 10.0. The van der Waals surface area contributed by atoms with Gasteiger partial charge in [-0.25, -0.2) is 4.39 Å². The minimum Gasteiger partial charge on any atom is -0.391 e. The Balaban J connectivity index is 2.08. The molecule has 2 aromatic rings. The van der Waals surface area contributed by atoms with E-state index in [9.17, 15) is 19.6 Å². The van der Waals surface area contributed by atoms with Crippen LogP contribution in [-0.4, -0.2) is 22.2 Å². The fourth-order valence-corrected chi connectivity index (χ4v) is 2.15. The van der Waals surface area contributed by atoms with Crippen molar-refractivity contribution in [3.05, 3.63) is 70.0 Å². The van der Waals surface area contributed by atoms with E-state index in [-0.39, 0.29) is 11.4 Å². The van der Waals surface area contributed by atoms with E-state index in [1.54, 1.807) is 6.92 Å². The van der Waals surface area contributed by atoms with Crippen LogP contribution in [0.4, 0.5) is 15.8 Å². The van der Waals surface area contributed by atoms with Gasteiger partial charge in [-0.3, -0.25) is 10.1 Å². The summed E-state index contributed by atoms with van der Waals surface area (Å²) in [6, 6.07) is 12.3. The zero-order chi connectivity index (χ0) is 16.1. The smallest absolute Gasteiger partial charge is 0.295 e. The van der Waals surface area contributed by atoms with E-state index in [4.69, 9.17) is 0 Å². The summed E-state index contributed by atoms with van der Waals surface area (Å²) in [5, 5.41) is 24.0. The Labute approximate surface area is 127 Å². The first-order valence-corrected chi connectivity index (χ1v) is 6.90. The molecule has 0 aliphatic heterocycles. The third-order valence-electron chi connectivity index (χ3n) is 3.40. The van der Waals surface area contributed by atoms with Crippen LogP contribution in [0, 0.1) is 15.9 Å². The van der Waals surface area contributed by atoms with Crippen molar-refractivity contribution in [1.82, 2.24) is 0 Å². The number of nitro groups is 1. The quantitative estimate of drug-likeness (QED) is 0.635. The second-order valence-electron chi connectivity index (χ2n) is 5.11. The van der Waals surface area contributed by atoms with Gasteiger partial charge in [-0.15, -0.1) is 0 Å². The average molecular weight is 304 g/mol. The molecule has 5 nitrogen and oxygen atoms in total. The normalized spacial score (nSPS) is 13.4. The van der Waals surface area contributed by atoms with Crippen molar-refractivity contribution in [2.45, 2.75) is 25.5 Å². The molecular formula is C16H17FN2O3. The highest BCUT2D eigenvalue weighted by Gasteiger charge is 2.20. The largest absolute Gasteiger partial charge is 0.391 e. The van der Waals surface area contributed by atoms with Gasteiger partial charge in [0.1, 0.15) is 11.5 Å². The lowest BCUT2D eigenvalue weighted by Gasteiger charge is -2.21. The average Bonchev–Trinajstić information content (AvgIpc) is 2.49. The molecule has 0 bridgehead atoms. The van der Waals surface area contributed by atoms with Crippen LogP contribution in [0.15, 0.2) is 48.5 Å². The van der Waals surface area contributed by atoms with Crippen molar-refractivity contribution in [2.75, 3.05) is 5.32 Å². The molecule has 6 heteroatoms. The Bertz CT molecular complexity index is 649. The van der Waals surface area contributed by atoms with E-state index in [0.29, 0.717) is 6.42 Å². The zero-order valence-electron chi connectivity index (χ0n) is 12.1. The molecule has 2 aromatic carbocycles. The minimum atomic E-state index is -0.730. The summed E-state index contributed by atoms with van der Waals surface area (Å²) >= 11 is 0. The third kappa shape index (κ3) is 4.02. The minimum absolute atomic E-state index is 0.186. The van der Waals surface area contributed by atoms with E-state index in [1.807, 2.05) is 30.3 Å². The highest BCUT2D eigenvalue weighted by molar-refractivity contribution is 5.61. The number of aliphatic hydroxyl groups excluding tert-OH is 1. The molecule has 2 rings (SSSR count). The molecule has 0 amide bonds. The van der Waals surface area contributed by atoms with Crippen molar-refractivity contribution in [3.63, 3.8) is 0 Å². The molecule has 0 fully saturated rings. The monoisotopic (exact) mass is 304 g/mol. The second-order valence-corrected chi connectivity index (χ2v) is 5.11. The first-order chi connectivity index (χ1) is 10.5. The number of hydrogen-bond acceptors (Lipinski definition) is 4. The van der Waals surface area contributed by atoms with Crippen LogP contribution < -0.4 is 5.32 Å². The Morgan fingerprint density at radius 1 is 1.27 bits per heavy atom. The number of aliphatic hydroxyl groups is 1. The van der Waals surface area contributed by atoms with E-state index in [0.717, 1.165) is 17.7 Å². The van der Waals surface area contributed by atoms with Gasteiger partial charge in [-0.05, 0) is 24.6 Å². The standard InChI is InChI=1S/C16H17FN2O3/c1-11(16(20)9-12-5-3-2-4-6-12)18-14-8-7-13(17)10-15(14)19(21)22/h2-8,10-11,16,18,20H,9H2,1H3. The van der Waals surface area contributed by atoms with Crippen LogP contribution in [-0.2, 0) is 6.42 Å². The number of nitrogens with one attached hydrogen (secondary N) is 1. The highest BCUT2D eigenvalue weighted by Crippen LogP contribution is 2.26. The van der Waals surface area contributed by atoms with E-state index < -0.39 is 22.9 Å². The highest BCUT2D eigenvalue weighted by atomic mass is 19.1. The van der Waals surface area contributed by atoms with Crippen molar-refractivity contribution in [2.24, 2.45) is 0 Å². The lowest BCUT2D eigenvalue weighted by molar-refractivity contribution is -0.384. The molecule has 116 valence electrons. The number of anilines is 1. The molecule has 0 heterocycles. The van der Waals surface area contributed by atoms with Crippen LogP contribution in [0.1, 0.15) is 12.5 Å². The maximum Gasteiger partial charge on any atom is 0.295 e. The molecule has 2 N–H and O–H groups in total. The summed E-state index contributed by atoms with van der Waals surface area (Å²) in [5.74, 6) is -0.672. The van der Waals surface area contributed by atoms with E-state index >= 15 is 0 Å². The molecule has 0 aromatic heterocycles.